The number of fused-ring (bicyclic) bond motifs is 1. The molecule has 1 unspecified atom stereocenters. The smallest absolute Gasteiger partial charge is 0.252 e. The molecule has 2 aliphatic rings. The SMILES string of the molecule is CN1CC(=O)N2CCN(S(=O)(=O)c3ccc(Cl)s3)CC2C1=O. The first-order chi connectivity index (χ1) is 10.3. The van der Waals surface area contributed by atoms with Gasteiger partial charge >= 0.3 is 0 Å². The van der Waals surface area contributed by atoms with E-state index in [1.165, 1.54) is 26.2 Å². The first-order valence-corrected chi connectivity index (χ1v) is 9.24. The average molecular weight is 364 g/mol. The van der Waals surface area contributed by atoms with Crippen molar-refractivity contribution in [1.82, 2.24) is 14.1 Å². The summed E-state index contributed by atoms with van der Waals surface area (Å²) in [6.45, 7) is 0.424. The first-order valence-electron chi connectivity index (χ1n) is 6.60. The fourth-order valence-corrected chi connectivity index (χ4v) is 5.75. The zero-order valence-electron chi connectivity index (χ0n) is 11.7. The minimum atomic E-state index is -3.69. The summed E-state index contributed by atoms with van der Waals surface area (Å²) in [4.78, 5) is 27.0. The Morgan fingerprint density at radius 3 is 2.64 bits per heavy atom. The maximum Gasteiger partial charge on any atom is 0.252 e. The number of halogens is 1. The number of rotatable bonds is 2. The topological polar surface area (TPSA) is 78.0 Å². The van der Waals surface area contributed by atoms with E-state index in [1.807, 2.05) is 0 Å². The Morgan fingerprint density at radius 2 is 2.00 bits per heavy atom. The van der Waals surface area contributed by atoms with Crippen LogP contribution in [0.15, 0.2) is 16.3 Å². The van der Waals surface area contributed by atoms with Gasteiger partial charge in [0.2, 0.25) is 11.8 Å². The van der Waals surface area contributed by atoms with Crippen molar-refractivity contribution >= 4 is 44.8 Å². The highest BCUT2D eigenvalue weighted by Gasteiger charge is 2.44. The lowest BCUT2D eigenvalue weighted by Crippen LogP contribution is -2.66. The van der Waals surface area contributed by atoms with Crippen molar-refractivity contribution in [3.05, 3.63) is 16.5 Å². The molecule has 0 bridgehead atoms. The van der Waals surface area contributed by atoms with Crippen LogP contribution in [-0.4, -0.2) is 73.6 Å². The largest absolute Gasteiger partial charge is 0.335 e. The Morgan fingerprint density at radius 1 is 1.27 bits per heavy atom. The summed E-state index contributed by atoms with van der Waals surface area (Å²) in [5.41, 5.74) is 0. The molecule has 0 aromatic carbocycles. The fraction of sp³-hybridized carbons (Fsp3) is 0.500. The maximum atomic E-state index is 12.6. The Bertz CT molecular complexity index is 732. The van der Waals surface area contributed by atoms with Gasteiger partial charge in [0, 0.05) is 26.7 Å². The molecular formula is C12H14ClN3O4S2. The number of likely N-dealkylation sites (N-methyl/N-ethyl adjacent to an activating group) is 1. The monoisotopic (exact) mass is 363 g/mol. The van der Waals surface area contributed by atoms with E-state index >= 15 is 0 Å². The molecule has 7 nitrogen and oxygen atoms in total. The first kappa shape index (κ1) is 15.7. The van der Waals surface area contributed by atoms with Crippen LogP contribution < -0.4 is 0 Å². The van der Waals surface area contributed by atoms with E-state index in [9.17, 15) is 18.0 Å². The lowest BCUT2D eigenvalue weighted by Gasteiger charge is -2.44. The molecular weight excluding hydrogens is 350 g/mol. The number of sulfonamides is 1. The summed E-state index contributed by atoms with van der Waals surface area (Å²) in [7, 11) is -2.15. The third-order valence-electron chi connectivity index (χ3n) is 3.84. The maximum absolute atomic E-state index is 12.6. The van der Waals surface area contributed by atoms with Gasteiger partial charge in [-0.2, -0.15) is 4.31 Å². The molecule has 2 saturated heterocycles. The summed E-state index contributed by atoms with van der Waals surface area (Å²) >= 11 is 6.78. The summed E-state index contributed by atoms with van der Waals surface area (Å²) in [5, 5.41) is 0. The molecule has 1 aromatic heterocycles. The lowest BCUT2D eigenvalue weighted by atomic mass is 10.1. The molecule has 120 valence electrons. The van der Waals surface area contributed by atoms with Crippen LogP contribution in [0, 0.1) is 0 Å². The van der Waals surface area contributed by atoms with E-state index in [1.54, 1.807) is 7.05 Å². The van der Waals surface area contributed by atoms with Crippen LogP contribution in [0.4, 0.5) is 0 Å². The Kier molecular flexibility index (Phi) is 3.92. The van der Waals surface area contributed by atoms with E-state index in [-0.39, 0.29) is 42.2 Å². The van der Waals surface area contributed by atoms with Crippen LogP contribution in [0.25, 0.3) is 0 Å². The molecule has 10 heteroatoms. The van der Waals surface area contributed by atoms with Crippen LogP contribution in [-0.2, 0) is 19.6 Å². The molecule has 0 N–H and O–H groups in total. The van der Waals surface area contributed by atoms with Gasteiger partial charge in [0.15, 0.2) is 0 Å². The number of carbonyl (C=O) groups excluding carboxylic acids is 2. The second-order valence-electron chi connectivity index (χ2n) is 5.22. The standard InChI is InChI=1S/C12H14ClN3O4S2/c1-14-7-10(17)16-5-4-15(6-8(16)12(14)18)22(19,20)11-3-2-9(13)21-11/h2-3,8H,4-7H2,1H3. The van der Waals surface area contributed by atoms with Gasteiger partial charge < -0.3 is 9.80 Å². The summed E-state index contributed by atoms with van der Waals surface area (Å²) in [6.07, 6.45) is 0. The number of hydrogen-bond acceptors (Lipinski definition) is 5. The quantitative estimate of drug-likeness (QED) is 0.745. The minimum Gasteiger partial charge on any atom is -0.335 e. The van der Waals surface area contributed by atoms with Crippen molar-refractivity contribution in [3.8, 4) is 0 Å². The second-order valence-corrected chi connectivity index (χ2v) is 9.10. The van der Waals surface area contributed by atoms with Crippen LogP contribution in [0.1, 0.15) is 0 Å². The highest BCUT2D eigenvalue weighted by molar-refractivity contribution is 7.91. The highest BCUT2D eigenvalue weighted by atomic mass is 35.5. The molecule has 0 spiro atoms. The predicted octanol–water partition coefficient (Wildman–Crippen LogP) is 0.0750. The normalized spacial score (nSPS) is 23.8. The van der Waals surface area contributed by atoms with Gasteiger partial charge in [-0.15, -0.1) is 11.3 Å². The molecule has 0 saturated carbocycles. The van der Waals surface area contributed by atoms with Crippen LogP contribution >= 0.6 is 22.9 Å². The Balaban J connectivity index is 1.86. The number of carbonyl (C=O) groups is 2. The van der Waals surface area contributed by atoms with Gasteiger partial charge in [0.1, 0.15) is 10.3 Å². The van der Waals surface area contributed by atoms with Crippen LogP contribution in [0.5, 0.6) is 0 Å². The summed E-state index contributed by atoms with van der Waals surface area (Å²) < 4.78 is 27.0. The minimum absolute atomic E-state index is 0.0211. The van der Waals surface area contributed by atoms with Gasteiger partial charge in [-0.1, -0.05) is 11.6 Å². The number of nitrogens with zero attached hydrogens (tertiary/aromatic N) is 3. The number of hydrogen-bond donors (Lipinski definition) is 0. The molecule has 0 radical (unpaired) electrons. The fourth-order valence-electron chi connectivity index (χ4n) is 2.68. The van der Waals surface area contributed by atoms with Crippen molar-refractivity contribution in [2.24, 2.45) is 0 Å². The molecule has 1 atom stereocenters. The lowest BCUT2D eigenvalue weighted by molar-refractivity contribution is -0.156. The van der Waals surface area contributed by atoms with E-state index in [4.69, 9.17) is 11.6 Å². The predicted molar refractivity (Wildman–Crippen MR) is 81.2 cm³/mol. The van der Waals surface area contributed by atoms with Crippen LogP contribution in [0.2, 0.25) is 4.34 Å². The molecule has 2 amide bonds. The van der Waals surface area contributed by atoms with Crippen molar-refractivity contribution < 1.29 is 18.0 Å². The van der Waals surface area contributed by atoms with E-state index < -0.39 is 16.1 Å². The molecule has 2 fully saturated rings. The molecule has 2 aliphatic heterocycles. The van der Waals surface area contributed by atoms with Gasteiger partial charge in [-0.05, 0) is 12.1 Å². The number of amides is 2. The van der Waals surface area contributed by atoms with Crippen LogP contribution in [0.3, 0.4) is 0 Å². The third kappa shape index (κ3) is 2.51. The summed E-state index contributed by atoms with van der Waals surface area (Å²) in [6, 6.07) is 2.23. The van der Waals surface area contributed by atoms with Crippen molar-refractivity contribution in [1.29, 1.82) is 0 Å². The Labute approximate surface area is 137 Å². The van der Waals surface area contributed by atoms with Gasteiger partial charge in [0.25, 0.3) is 10.0 Å². The highest BCUT2D eigenvalue weighted by Crippen LogP contribution is 2.30. The average Bonchev–Trinajstić information content (AvgIpc) is 2.91. The molecule has 0 aliphatic carbocycles. The summed E-state index contributed by atoms with van der Waals surface area (Å²) in [5.74, 6) is -0.382. The Hall–Kier alpha value is -1.16. The van der Waals surface area contributed by atoms with E-state index in [0.29, 0.717) is 4.34 Å². The number of thiophene rings is 1. The second kappa shape index (κ2) is 5.48. The zero-order valence-corrected chi connectivity index (χ0v) is 14.1. The third-order valence-corrected chi connectivity index (χ3v) is 7.40. The molecule has 22 heavy (non-hydrogen) atoms. The van der Waals surface area contributed by atoms with Crippen molar-refractivity contribution in [3.63, 3.8) is 0 Å². The van der Waals surface area contributed by atoms with Gasteiger partial charge in [0.05, 0.1) is 10.9 Å². The number of piperazine rings is 2. The zero-order chi connectivity index (χ0) is 16.1. The molecule has 1 aromatic rings. The van der Waals surface area contributed by atoms with E-state index in [0.717, 1.165) is 11.3 Å². The molecule has 3 heterocycles. The van der Waals surface area contributed by atoms with Crippen molar-refractivity contribution in [2.75, 3.05) is 33.2 Å². The van der Waals surface area contributed by atoms with Crippen molar-refractivity contribution in [2.45, 2.75) is 10.3 Å². The van der Waals surface area contributed by atoms with Gasteiger partial charge in [-0.25, -0.2) is 8.42 Å². The van der Waals surface area contributed by atoms with Gasteiger partial charge in [-0.3, -0.25) is 9.59 Å². The van der Waals surface area contributed by atoms with E-state index in [2.05, 4.69) is 0 Å². The molecule has 3 rings (SSSR count).